The Morgan fingerprint density at radius 1 is 1.45 bits per heavy atom. The third kappa shape index (κ3) is 1.93. The summed E-state index contributed by atoms with van der Waals surface area (Å²) in [5.74, 6) is 0. The van der Waals surface area contributed by atoms with Gasteiger partial charge in [-0.2, -0.15) is 0 Å². The summed E-state index contributed by atoms with van der Waals surface area (Å²) in [4.78, 5) is 1.42. The van der Waals surface area contributed by atoms with E-state index in [1.54, 1.807) is 0 Å². The van der Waals surface area contributed by atoms with Gasteiger partial charge < -0.3 is 0 Å². The lowest BCUT2D eigenvalue weighted by atomic mass is 9.94. The fourth-order valence-electron chi connectivity index (χ4n) is 0.851. The molecule has 0 amide bonds. The SMILES string of the molecule is C=Cc1csc(C(C)(C)C)c1. The zero-order valence-corrected chi connectivity index (χ0v) is 8.16. The first kappa shape index (κ1) is 8.54. The molecule has 0 radical (unpaired) electrons. The van der Waals surface area contributed by atoms with Crippen molar-refractivity contribution < 1.29 is 0 Å². The van der Waals surface area contributed by atoms with E-state index in [9.17, 15) is 0 Å². The number of hydrogen-bond donors (Lipinski definition) is 0. The molecular weight excluding hydrogens is 152 g/mol. The maximum absolute atomic E-state index is 3.73. The van der Waals surface area contributed by atoms with Crippen molar-refractivity contribution >= 4 is 17.4 Å². The van der Waals surface area contributed by atoms with Crippen LogP contribution < -0.4 is 0 Å². The van der Waals surface area contributed by atoms with Gasteiger partial charge in [0, 0.05) is 4.88 Å². The second kappa shape index (κ2) is 2.82. The summed E-state index contributed by atoms with van der Waals surface area (Å²) in [7, 11) is 0. The Hall–Kier alpha value is -0.560. The maximum Gasteiger partial charge on any atom is 0.0105 e. The van der Waals surface area contributed by atoms with Crippen LogP contribution in [0.3, 0.4) is 0 Å². The Labute approximate surface area is 72.6 Å². The fraction of sp³-hybridized carbons (Fsp3) is 0.400. The molecule has 0 fully saturated rings. The van der Waals surface area contributed by atoms with Gasteiger partial charge in [0.25, 0.3) is 0 Å². The molecule has 11 heavy (non-hydrogen) atoms. The van der Waals surface area contributed by atoms with Crippen molar-refractivity contribution in [2.45, 2.75) is 26.2 Å². The van der Waals surface area contributed by atoms with Gasteiger partial charge in [-0.05, 0) is 22.4 Å². The summed E-state index contributed by atoms with van der Waals surface area (Å²) in [6.45, 7) is 10.4. The van der Waals surface area contributed by atoms with E-state index in [2.05, 4.69) is 38.8 Å². The zero-order chi connectivity index (χ0) is 8.48. The highest BCUT2D eigenvalue weighted by molar-refractivity contribution is 7.10. The Morgan fingerprint density at radius 3 is 2.36 bits per heavy atom. The minimum Gasteiger partial charge on any atom is -0.148 e. The molecule has 0 saturated carbocycles. The van der Waals surface area contributed by atoms with Crippen molar-refractivity contribution in [3.05, 3.63) is 28.5 Å². The summed E-state index contributed by atoms with van der Waals surface area (Å²) < 4.78 is 0. The molecule has 60 valence electrons. The molecule has 0 unspecified atom stereocenters. The highest BCUT2D eigenvalue weighted by Gasteiger charge is 2.14. The van der Waals surface area contributed by atoms with Gasteiger partial charge in [0.1, 0.15) is 0 Å². The molecule has 0 aliphatic carbocycles. The van der Waals surface area contributed by atoms with Crippen LogP contribution in [0.25, 0.3) is 6.08 Å². The monoisotopic (exact) mass is 166 g/mol. The van der Waals surface area contributed by atoms with Crippen LogP contribution in [0.5, 0.6) is 0 Å². The number of hydrogen-bond acceptors (Lipinski definition) is 1. The molecule has 1 heteroatoms. The molecule has 0 N–H and O–H groups in total. The topological polar surface area (TPSA) is 0 Å². The van der Waals surface area contributed by atoms with Crippen molar-refractivity contribution in [3.8, 4) is 0 Å². The first-order chi connectivity index (χ1) is 5.04. The molecule has 1 heterocycles. The van der Waals surface area contributed by atoms with E-state index in [4.69, 9.17) is 0 Å². The Bertz CT molecular complexity index is 250. The standard InChI is InChI=1S/C10H14S/c1-5-8-6-9(11-7-8)10(2,3)4/h5-7H,1H2,2-4H3. The Balaban J connectivity index is 2.98. The average molecular weight is 166 g/mol. The lowest BCUT2D eigenvalue weighted by Crippen LogP contribution is -2.07. The maximum atomic E-state index is 3.73. The van der Waals surface area contributed by atoms with Gasteiger partial charge in [-0.1, -0.05) is 33.4 Å². The minimum atomic E-state index is 0.284. The molecule has 0 aliphatic rings. The quantitative estimate of drug-likeness (QED) is 0.597. The smallest absolute Gasteiger partial charge is 0.0105 e. The molecule has 0 spiro atoms. The predicted octanol–water partition coefficient (Wildman–Crippen LogP) is 3.69. The summed E-state index contributed by atoms with van der Waals surface area (Å²) in [6, 6.07) is 2.21. The molecule has 1 aromatic heterocycles. The molecular formula is C10H14S. The van der Waals surface area contributed by atoms with Crippen LogP contribution in [-0.2, 0) is 5.41 Å². The molecule has 0 aliphatic heterocycles. The molecule has 0 aromatic carbocycles. The van der Waals surface area contributed by atoms with Crippen molar-refractivity contribution in [2.75, 3.05) is 0 Å². The Kier molecular flexibility index (Phi) is 2.19. The largest absolute Gasteiger partial charge is 0.148 e. The van der Waals surface area contributed by atoms with Crippen molar-refractivity contribution in [1.82, 2.24) is 0 Å². The van der Waals surface area contributed by atoms with Gasteiger partial charge >= 0.3 is 0 Å². The van der Waals surface area contributed by atoms with Crippen molar-refractivity contribution in [1.29, 1.82) is 0 Å². The molecule has 0 atom stereocenters. The van der Waals surface area contributed by atoms with Gasteiger partial charge in [0.05, 0.1) is 0 Å². The second-order valence-corrected chi connectivity index (χ2v) is 4.61. The van der Waals surface area contributed by atoms with E-state index in [0.717, 1.165) is 0 Å². The van der Waals surface area contributed by atoms with Gasteiger partial charge in [-0.3, -0.25) is 0 Å². The normalized spacial score (nSPS) is 11.5. The highest BCUT2D eigenvalue weighted by Crippen LogP contribution is 2.28. The number of rotatable bonds is 1. The van der Waals surface area contributed by atoms with Crippen LogP contribution in [0.4, 0.5) is 0 Å². The third-order valence-electron chi connectivity index (χ3n) is 1.59. The van der Waals surface area contributed by atoms with E-state index in [1.807, 2.05) is 17.4 Å². The molecule has 0 nitrogen and oxygen atoms in total. The van der Waals surface area contributed by atoms with Crippen LogP contribution in [-0.4, -0.2) is 0 Å². The molecule has 1 aromatic rings. The highest BCUT2D eigenvalue weighted by atomic mass is 32.1. The van der Waals surface area contributed by atoms with E-state index < -0.39 is 0 Å². The predicted molar refractivity (Wildman–Crippen MR) is 53.1 cm³/mol. The first-order valence-corrected chi connectivity index (χ1v) is 4.63. The van der Waals surface area contributed by atoms with E-state index in [1.165, 1.54) is 10.4 Å². The van der Waals surface area contributed by atoms with Gasteiger partial charge in [0.15, 0.2) is 0 Å². The zero-order valence-electron chi connectivity index (χ0n) is 7.35. The fourth-order valence-corrected chi connectivity index (χ4v) is 1.84. The van der Waals surface area contributed by atoms with Gasteiger partial charge in [0.2, 0.25) is 0 Å². The summed E-state index contributed by atoms with van der Waals surface area (Å²) >= 11 is 1.81. The van der Waals surface area contributed by atoms with Gasteiger partial charge in [-0.15, -0.1) is 11.3 Å². The number of thiophene rings is 1. The van der Waals surface area contributed by atoms with E-state index >= 15 is 0 Å². The van der Waals surface area contributed by atoms with Gasteiger partial charge in [-0.25, -0.2) is 0 Å². The molecule has 0 bridgehead atoms. The average Bonchev–Trinajstić information content (AvgIpc) is 2.32. The van der Waals surface area contributed by atoms with Crippen LogP contribution >= 0.6 is 11.3 Å². The third-order valence-corrected chi connectivity index (χ3v) is 2.97. The van der Waals surface area contributed by atoms with Crippen molar-refractivity contribution in [2.24, 2.45) is 0 Å². The lowest BCUT2D eigenvalue weighted by molar-refractivity contribution is 0.604. The summed E-state index contributed by atoms with van der Waals surface area (Å²) in [5.41, 5.74) is 1.52. The Morgan fingerprint density at radius 2 is 2.09 bits per heavy atom. The van der Waals surface area contributed by atoms with Crippen LogP contribution in [0, 0.1) is 0 Å². The molecule has 1 rings (SSSR count). The van der Waals surface area contributed by atoms with E-state index in [0.29, 0.717) is 0 Å². The molecule has 0 saturated heterocycles. The first-order valence-electron chi connectivity index (χ1n) is 3.75. The summed E-state index contributed by atoms with van der Waals surface area (Å²) in [5, 5.41) is 2.15. The van der Waals surface area contributed by atoms with Crippen LogP contribution in [0.2, 0.25) is 0 Å². The van der Waals surface area contributed by atoms with Crippen LogP contribution in [0.15, 0.2) is 18.0 Å². The minimum absolute atomic E-state index is 0.284. The van der Waals surface area contributed by atoms with Crippen molar-refractivity contribution in [3.63, 3.8) is 0 Å². The van der Waals surface area contributed by atoms with E-state index in [-0.39, 0.29) is 5.41 Å². The second-order valence-electron chi connectivity index (χ2n) is 3.70. The lowest BCUT2D eigenvalue weighted by Gasteiger charge is -2.14. The summed E-state index contributed by atoms with van der Waals surface area (Å²) in [6.07, 6.45) is 1.89. The van der Waals surface area contributed by atoms with Crippen LogP contribution in [0.1, 0.15) is 31.2 Å².